The molecule has 1 amide bonds. The van der Waals surface area contributed by atoms with Crippen molar-refractivity contribution in [1.29, 1.82) is 0 Å². The standard InChI is InChI=1S/C10H17NO3S/c1-10(2,9(13)14)8(12)11-7-3-5-15-6-4-7/h7H,3-6H2,1-2H3,(H,11,12)(H,13,14). The van der Waals surface area contributed by atoms with Gasteiger partial charge in [-0.25, -0.2) is 0 Å². The van der Waals surface area contributed by atoms with Crippen LogP contribution in [-0.2, 0) is 9.59 Å². The number of aliphatic carboxylic acids is 1. The van der Waals surface area contributed by atoms with Crippen LogP contribution in [0.2, 0.25) is 0 Å². The molecule has 1 aliphatic heterocycles. The maximum atomic E-state index is 11.7. The van der Waals surface area contributed by atoms with Crippen LogP contribution in [0.15, 0.2) is 0 Å². The van der Waals surface area contributed by atoms with Gasteiger partial charge in [-0.05, 0) is 38.2 Å². The van der Waals surface area contributed by atoms with Gasteiger partial charge in [0.2, 0.25) is 5.91 Å². The third-order valence-electron chi connectivity index (χ3n) is 2.66. The fraction of sp³-hybridized carbons (Fsp3) is 0.800. The highest BCUT2D eigenvalue weighted by Crippen LogP contribution is 2.20. The fourth-order valence-corrected chi connectivity index (χ4v) is 2.41. The third-order valence-corrected chi connectivity index (χ3v) is 3.71. The van der Waals surface area contributed by atoms with Crippen molar-refractivity contribution < 1.29 is 14.7 Å². The van der Waals surface area contributed by atoms with E-state index in [1.165, 1.54) is 13.8 Å². The number of hydrogen-bond donors (Lipinski definition) is 2. The zero-order chi connectivity index (χ0) is 11.5. The van der Waals surface area contributed by atoms with Gasteiger partial charge in [0.25, 0.3) is 0 Å². The van der Waals surface area contributed by atoms with E-state index in [0.717, 1.165) is 24.3 Å². The first-order chi connectivity index (χ1) is 6.94. The Kier molecular flexibility index (Phi) is 4.02. The Morgan fingerprint density at radius 1 is 1.33 bits per heavy atom. The molecule has 0 spiro atoms. The molecule has 2 N–H and O–H groups in total. The highest BCUT2D eigenvalue weighted by molar-refractivity contribution is 7.99. The van der Waals surface area contributed by atoms with E-state index in [9.17, 15) is 9.59 Å². The van der Waals surface area contributed by atoms with Crippen LogP contribution in [0.3, 0.4) is 0 Å². The number of carboxylic acids is 1. The van der Waals surface area contributed by atoms with E-state index in [2.05, 4.69) is 5.32 Å². The van der Waals surface area contributed by atoms with Crippen molar-refractivity contribution in [2.75, 3.05) is 11.5 Å². The average Bonchev–Trinajstić information content (AvgIpc) is 2.18. The van der Waals surface area contributed by atoms with Crippen molar-refractivity contribution in [3.8, 4) is 0 Å². The first-order valence-corrected chi connectivity index (χ1v) is 6.22. The Hall–Kier alpha value is -0.710. The Morgan fingerprint density at radius 2 is 1.87 bits per heavy atom. The van der Waals surface area contributed by atoms with Gasteiger partial charge in [-0.2, -0.15) is 11.8 Å². The number of amides is 1. The van der Waals surface area contributed by atoms with E-state index in [4.69, 9.17) is 5.11 Å². The SMILES string of the molecule is CC(C)(C(=O)O)C(=O)NC1CCSCC1. The van der Waals surface area contributed by atoms with Crippen molar-refractivity contribution in [2.24, 2.45) is 5.41 Å². The Balaban J connectivity index is 2.50. The second kappa shape index (κ2) is 4.88. The van der Waals surface area contributed by atoms with Crippen molar-refractivity contribution in [2.45, 2.75) is 32.7 Å². The highest BCUT2D eigenvalue weighted by atomic mass is 32.2. The summed E-state index contributed by atoms with van der Waals surface area (Å²) in [6.07, 6.45) is 1.87. The molecule has 1 aliphatic rings. The Morgan fingerprint density at radius 3 is 2.33 bits per heavy atom. The summed E-state index contributed by atoms with van der Waals surface area (Å²) in [6.45, 7) is 2.87. The molecule has 0 aromatic rings. The zero-order valence-corrected chi connectivity index (χ0v) is 9.89. The third kappa shape index (κ3) is 3.12. The summed E-state index contributed by atoms with van der Waals surface area (Å²) in [5.74, 6) is 0.619. The molecule has 1 saturated heterocycles. The number of nitrogens with one attached hydrogen (secondary N) is 1. The molecule has 5 heteroatoms. The van der Waals surface area contributed by atoms with Gasteiger partial charge < -0.3 is 10.4 Å². The molecule has 0 unspecified atom stereocenters. The van der Waals surface area contributed by atoms with Crippen LogP contribution in [-0.4, -0.2) is 34.5 Å². The number of carbonyl (C=O) groups is 2. The maximum Gasteiger partial charge on any atom is 0.318 e. The van der Waals surface area contributed by atoms with Gasteiger partial charge in [0.05, 0.1) is 0 Å². The molecule has 1 rings (SSSR count). The first kappa shape index (κ1) is 12.4. The van der Waals surface area contributed by atoms with Crippen LogP contribution in [0.1, 0.15) is 26.7 Å². The smallest absolute Gasteiger partial charge is 0.318 e. The van der Waals surface area contributed by atoms with Crippen LogP contribution in [0.5, 0.6) is 0 Å². The molecule has 0 radical (unpaired) electrons. The van der Waals surface area contributed by atoms with E-state index >= 15 is 0 Å². The lowest BCUT2D eigenvalue weighted by Gasteiger charge is -2.26. The lowest BCUT2D eigenvalue weighted by Crippen LogP contribution is -2.47. The molecule has 15 heavy (non-hydrogen) atoms. The van der Waals surface area contributed by atoms with E-state index in [-0.39, 0.29) is 11.9 Å². The average molecular weight is 231 g/mol. The summed E-state index contributed by atoms with van der Waals surface area (Å²) < 4.78 is 0. The van der Waals surface area contributed by atoms with Crippen LogP contribution in [0.4, 0.5) is 0 Å². The summed E-state index contributed by atoms with van der Waals surface area (Å²) in [5, 5.41) is 11.7. The predicted molar refractivity (Wildman–Crippen MR) is 59.9 cm³/mol. The molecule has 0 saturated carbocycles. The largest absolute Gasteiger partial charge is 0.480 e. The van der Waals surface area contributed by atoms with Gasteiger partial charge in [-0.15, -0.1) is 0 Å². The number of carbonyl (C=O) groups excluding carboxylic acids is 1. The first-order valence-electron chi connectivity index (χ1n) is 5.06. The van der Waals surface area contributed by atoms with Crippen molar-refractivity contribution in [3.63, 3.8) is 0 Å². The van der Waals surface area contributed by atoms with Crippen LogP contribution < -0.4 is 5.32 Å². The minimum Gasteiger partial charge on any atom is -0.480 e. The molecular formula is C10H17NO3S. The Bertz CT molecular complexity index is 259. The van der Waals surface area contributed by atoms with Gasteiger partial charge in [0.15, 0.2) is 0 Å². The van der Waals surface area contributed by atoms with E-state index < -0.39 is 11.4 Å². The van der Waals surface area contributed by atoms with E-state index in [1.54, 1.807) is 0 Å². The fourth-order valence-electron chi connectivity index (χ4n) is 1.30. The molecule has 0 bridgehead atoms. The van der Waals surface area contributed by atoms with Gasteiger partial charge in [-0.1, -0.05) is 0 Å². The summed E-state index contributed by atoms with van der Waals surface area (Å²) in [6, 6.07) is 0.150. The quantitative estimate of drug-likeness (QED) is 0.714. The van der Waals surface area contributed by atoms with E-state index in [0.29, 0.717) is 0 Å². The number of thioether (sulfide) groups is 1. The monoisotopic (exact) mass is 231 g/mol. The second-order valence-corrected chi connectivity index (χ2v) is 5.52. The van der Waals surface area contributed by atoms with Gasteiger partial charge >= 0.3 is 5.97 Å². The maximum absolute atomic E-state index is 11.7. The van der Waals surface area contributed by atoms with Crippen molar-refractivity contribution in [3.05, 3.63) is 0 Å². The van der Waals surface area contributed by atoms with Gasteiger partial charge in [0.1, 0.15) is 5.41 Å². The molecule has 0 atom stereocenters. The molecule has 1 fully saturated rings. The normalized spacial score (nSPS) is 18.5. The minimum absolute atomic E-state index is 0.150. The number of carboxylic acid groups (broad SMARTS) is 1. The molecule has 0 aromatic carbocycles. The topological polar surface area (TPSA) is 66.4 Å². The van der Waals surface area contributed by atoms with Crippen molar-refractivity contribution in [1.82, 2.24) is 5.32 Å². The lowest BCUT2D eigenvalue weighted by molar-refractivity contribution is -0.153. The van der Waals surface area contributed by atoms with Crippen LogP contribution in [0, 0.1) is 5.41 Å². The predicted octanol–water partition coefficient (Wildman–Crippen LogP) is 1.11. The van der Waals surface area contributed by atoms with Gasteiger partial charge in [-0.3, -0.25) is 9.59 Å². The van der Waals surface area contributed by atoms with Gasteiger partial charge in [0, 0.05) is 6.04 Å². The van der Waals surface area contributed by atoms with Crippen LogP contribution in [0.25, 0.3) is 0 Å². The second-order valence-electron chi connectivity index (χ2n) is 4.29. The van der Waals surface area contributed by atoms with Crippen molar-refractivity contribution >= 4 is 23.6 Å². The summed E-state index contributed by atoms with van der Waals surface area (Å²) in [4.78, 5) is 22.5. The number of rotatable bonds is 3. The van der Waals surface area contributed by atoms with Crippen LogP contribution >= 0.6 is 11.8 Å². The Labute approximate surface area is 93.8 Å². The molecule has 0 aromatic heterocycles. The molecule has 0 aliphatic carbocycles. The lowest BCUT2D eigenvalue weighted by atomic mass is 9.92. The highest BCUT2D eigenvalue weighted by Gasteiger charge is 2.37. The zero-order valence-electron chi connectivity index (χ0n) is 9.08. The minimum atomic E-state index is -1.33. The summed E-state index contributed by atoms with van der Waals surface area (Å²) in [7, 11) is 0. The number of hydrogen-bond acceptors (Lipinski definition) is 3. The summed E-state index contributed by atoms with van der Waals surface area (Å²) in [5.41, 5.74) is -1.33. The molecule has 4 nitrogen and oxygen atoms in total. The molecular weight excluding hydrogens is 214 g/mol. The molecule has 86 valence electrons. The van der Waals surface area contributed by atoms with E-state index in [1.807, 2.05) is 11.8 Å². The summed E-state index contributed by atoms with van der Waals surface area (Å²) >= 11 is 1.87. The molecule has 1 heterocycles.